The maximum Gasteiger partial charge on any atom is 0.396 e. The zero-order valence-corrected chi connectivity index (χ0v) is 9.68. The molecule has 1 rings (SSSR count). The van der Waals surface area contributed by atoms with Gasteiger partial charge in [0.1, 0.15) is 12.1 Å². The Hall–Kier alpha value is -1.08. The molecule has 0 unspecified atom stereocenters. The Morgan fingerprint density at radius 3 is 2.76 bits per heavy atom. The number of halogens is 4. The Morgan fingerprint density at radius 1 is 1.59 bits per heavy atom. The van der Waals surface area contributed by atoms with Crippen LogP contribution in [0.15, 0.2) is 6.20 Å². The summed E-state index contributed by atoms with van der Waals surface area (Å²) in [5.74, 6) is -1.10. The number of carbonyl (C=O) groups excluding carboxylic acids is 1. The van der Waals surface area contributed by atoms with E-state index in [1.165, 1.54) is 7.11 Å². The van der Waals surface area contributed by atoms with Crippen LogP contribution in [-0.2, 0) is 11.3 Å². The van der Waals surface area contributed by atoms with Gasteiger partial charge in [0, 0.05) is 7.11 Å². The van der Waals surface area contributed by atoms with E-state index in [1.807, 2.05) is 0 Å². The molecular formula is C9H10ClF3N2O2. The van der Waals surface area contributed by atoms with Crippen LogP contribution in [0.4, 0.5) is 13.2 Å². The van der Waals surface area contributed by atoms with Crippen LogP contribution >= 0.6 is 11.6 Å². The summed E-state index contributed by atoms with van der Waals surface area (Å²) in [4.78, 5) is 11.4. The third-order valence-electron chi connectivity index (χ3n) is 1.93. The molecule has 17 heavy (non-hydrogen) atoms. The number of aromatic nitrogens is 2. The molecule has 4 nitrogen and oxygen atoms in total. The first-order valence-electron chi connectivity index (χ1n) is 4.65. The maximum atomic E-state index is 12.1. The van der Waals surface area contributed by atoms with Crippen molar-refractivity contribution in [3.8, 4) is 0 Å². The summed E-state index contributed by atoms with van der Waals surface area (Å²) in [5.41, 5.74) is -0.235. The second-order valence-electron chi connectivity index (χ2n) is 3.27. The fraction of sp³-hybridized carbons (Fsp3) is 0.556. The normalized spacial score (nSPS) is 11.8. The zero-order valence-electron chi connectivity index (χ0n) is 8.92. The number of Topliss-reactive ketones (excluding diaryl/α,β-unsaturated/α-hetero) is 1. The summed E-state index contributed by atoms with van der Waals surface area (Å²) in [6.07, 6.45) is -4.97. The number of alkyl halides is 3. The molecule has 1 heterocycles. The monoisotopic (exact) mass is 270 g/mol. The summed E-state index contributed by atoms with van der Waals surface area (Å²) < 4.78 is 42.1. The topological polar surface area (TPSA) is 44.1 Å². The molecular weight excluding hydrogens is 261 g/mol. The first kappa shape index (κ1) is 14.0. The van der Waals surface area contributed by atoms with E-state index >= 15 is 0 Å². The van der Waals surface area contributed by atoms with Crippen molar-refractivity contribution in [2.75, 3.05) is 13.7 Å². The molecule has 8 heteroatoms. The molecule has 0 aromatic carbocycles. The lowest BCUT2D eigenvalue weighted by Gasteiger charge is -2.08. The van der Waals surface area contributed by atoms with Gasteiger partial charge < -0.3 is 4.74 Å². The molecule has 0 spiro atoms. The van der Waals surface area contributed by atoms with Crippen molar-refractivity contribution >= 4 is 17.4 Å². The fourth-order valence-corrected chi connectivity index (χ4v) is 1.50. The molecule has 0 aliphatic heterocycles. The van der Waals surface area contributed by atoms with E-state index in [0.29, 0.717) is 0 Å². The molecule has 0 saturated carbocycles. The summed E-state index contributed by atoms with van der Waals surface area (Å²) >= 11 is 5.64. The minimum Gasteiger partial charge on any atom is -0.383 e. The van der Waals surface area contributed by atoms with E-state index in [1.54, 1.807) is 0 Å². The van der Waals surface area contributed by atoms with Gasteiger partial charge in [-0.15, -0.1) is 0 Å². The molecule has 0 aliphatic rings. The van der Waals surface area contributed by atoms with Gasteiger partial charge in [0.25, 0.3) is 0 Å². The number of carbonyl (C=O) groups is 1. The molecule has 1 aromatic rings. The van der Waals surface area contributed by atoms with E-state index in [0.717, 1.165) is 10.9 Å². The second kappa shape index (κ2) is 5.50. The van der Waals surface area contributed by atoms with E-state index in [9.17, 15) is 18.0 Å². The third-order valence-corrected chi connectivity index (χ3v) is 2.20. The minimum absolute atomic E-state index is 0.0876. The molecule has 0 saturated heterocycles. The van der Waals surface area contributed by atoms with Crippen molar-refractivity contribution in [2.24, 2.45) is 0 Å². The Balaban J connectivity index is 2.88. The van der Waals surface area contributed by atoms with Crippen LogP contribution in [0.25, 0.3) is 0 Å². The van der Waals surface area contributed by atoms with Crippen LogP contribution in [-0.4, -0.2) is 35.5 Å². The van der Waals surface area contributed by atoms with Crippen LogP contribution in [0.3, 0.4) is 0 Å². The lowest BCUT2D eigenvalue weighted by molar-refractivity contribution is -0.125. The largest absolute Gasteiger partial charge is 0.396 e. The molecule has 0 N–H and O–H groups in total. The van der Waals surface area contributed by atoms with E-state index in [2.05, 4.69) is 5.10 Å². The van der Waals surface area contributed by atoms with Gasteiger partial charge in [0.05, 0.1) is 24.4 Å². The van der Waals surface area contributed by atoms with Crippen molar-refractivity contribution in [1.82, 2.24) is 9.78 Å². The number of rotatable bonds is 5. The van der Waals surface area contributed by atoms with E-state index < -0.39 is 18.4 Å². The zero-order chi connectivity index (χ0) is 13.1. The highest BCUT2D eigenvalue weighted by atomic mass is 35.5. The van der Waals surface area contributed by atoms with Crippen molar-refractivity contribution in [3.05, 3.63) is 16.9 Å². The number of nitrogens with zero attached hydrogens (tertiary/aromatic N) is 2. The number of hydrogen-bond acceptors (Lipinski definition) is 3. The number of methoxy groups -OCH3 is 1. The molecule has 0 fully saturated rings. The minimum atomic E-state index is -4.56. The molecule has 0 atom stereocenters. The fourth-order valence-electron chi connectivity index (χ4n) is 1.25. The summed E-state index contributed by atoms with van der Waals surface area (Å²) in [7, 11) is 1.43. The van der Waals surface area contributed by atoms with Gasteiger partial charge in [0.2, 0.25) is 0 Å². The van der Waals surface area contributed by atoms with Crippen LogP contribution in [0, 0.1) is 0 Å². The molecule has 1 aromatic heterocycles. The Kier molecular flexibility index (Phi) is 4.53. The summed E-state index contributed by atoms with van der Waals surface area (Å²) in [6.45, 7) is 0.395. The predicted molar refractivity (Wildman–Crippen MR) is 54.1 cm³/mol. The second-order valence-corrected chi connectivity index (χ2v) is 3.68. The molecule has 0 amide bonds. The van der Waals surface area contributed by atoms with E-state index in [4.69, 9.17) is 16.3 Å². The van der Waals surface area contributed by atoms with Crippen LogP contribution < -0.4 is 0 Å². The van der Waals surface area contributed by atoms with Crippen LogP contribution in [0.5, 0.6) is 0 Å². The predicted octanol–water partition coefficient (Wildman–Crippen LogP) is 2.32. The molecule has 0 radical (unpaired) electrons. The van der Waals surface area contributed by atoms with Crippen molar-refractivity contribution < 1.29 is 22.7 Å². The van der Waals surface area contributed by atoms with Gasteiger partial charge in [-0.25, -0.2) is 0 Å². The SMILES string of the molecule is COCCn1ncc(Cl)c1C(=O)CC(F)(F)F. The lowest BCUT2D eigenvalue weighted by atomic mass is 10.2. The van der Waals surface area contributed by atoms with Crippen molar-refractivity contribution in [1.29, 1.82) is 0 Å². The van der Waals surface area contributed by atoms with Gasteiger partial charge in [-0.05, 0) is 0 Å². The molecule has 0 bridgehead atoms. The Bertz CT molecular complexity index is 403. The van der Waals surface area contributed by atoms with Gasteiger partial charge in [-0.1, -0.05) is 11.6 Å². The summed E-state index contributed by atoms with van der Waals surface area (Å²) in [5, 5.41) is 3.63. The van der Waals surface area contributed by atoms with Crippen LogP contribution in [0.1, 0.15) is 16.9 Å². The lowest BCUT2D eigenvalue weighted by Crippen LogP contribution is -2.20. The highest BCUT2D eigenvalue weighted by Crippen LogP contribution is 2.25. The van der Waals surface area contributed by atoms with Gasteiger partial charge in [-0.2, -0.15) is 18.3 Å². The number of hydrogen-bond donors (Lipinski definition) is 0. The maximum absolute atomic E-state index is 12.1. The number of ketones is 1. The average Bonchev–Trinajstić information content (AvgIpc) is 2.54. The summed E-state index contributed by atoms with van der Waals surface area (Å²) in [6, 6.07) is 0. The smallest absolute Gasteiger partial charge is 0.383 e. The highest BCUT2D eigenvalue weighted by molar-refractivity contribution is 6.33. The highest BCUT2D eigenvalue weighted by Gasteiger charge is 2.33. The van der Waals surface area contributed by atoms with E-state index in [-0.39, 0.29) is 23.9 Å². The van der Waals surface area contributed by atoms with Crippen molar-refractivity contribution in [3.63, 3.8) is 0 Å². The van der Waals surface area contributed by atoms with Gasteiger partial charge in [0.15, 0.2) is 5.78 Å². The average molecular weight is 271 g/mol. The molecule has 96 valence electrons. The quantitative estimate of drug-likeness (QED) is 0.771. The molecule has 0 aliphatic carbocycles. The van der Waals surface area contributed by atoms with Crippen molar-refractivity contribution in [2.45, 2.75) is 19.1 Å². The Morgan fingerprint density at radius 2 is 2.24 bits per heavy atom. The number of ether oxygens (including phenoxy) is 1. The van der Waals surface area contributed by atoms with Gasteiger partial charge in [-0.3, -0.25) is 9.48 Å². The van der Waals surface area contributed by atoms with Gasteiger partial charge >= 0.3 is 6.18 Å². The Labute approximate surface area is 100 Å². The first-order chi connectivity index (χ1) is 7.85. The van der Waals surface area contributed by atoms with Crippen LogP contribution in [0.2, 0.25) is 5.02 Å². The third kappa shape index (κ3) is 4.01. The first-order valence-corrected chi connectivity index (χ1v) is 5.03. The standard InChI is InChI=1S/C9H10ClF3N2O2/c1-17-3-2-15-8(6(10)5-14-15)7(16)4-9(11,12)13/h5H,2-4H2,1H3.